The van der Waals surface area contributed by atoms with Crippen LogP contribution in [0.3, 0.4) is 0 Å². The fourth-order valence-corrected chi connectivity index (χ4v) is 4.34. The third-order valence-corrected chi connectivity index (χ3v) is 5.82. The van der Waals surface area contributed by atoms with E-state index in [0.717, 1.165) is 36.2 Å². The minimum absolute atomic E-state index is 0.0856. The molecule has 158 valence electrons. The van der Waals surface area contributed by atoms with Gasteiger partial charge in [-0.1, -0.05) is 23.7 Å². The van der Waals surface area contributed by atoms with Gasteiger partial charge in [0.25, 0.3) is 0 Å². The van der Waals surface area contributed by atoms with Gasteiger partial charge in [0.05, 0.1) is 42.0 Å². The second kappa shape index (κ2) is 8.44. The topological polar surface area (TPSA) is 68.6 Å². The molecule has 3 aromatic rings. The van der Waals surface area contributed by atoms with Gasteiger partial charge in [0.2, 0.25) is 0 Å². The van der Waals surface area contributed by atoms with Crippen LogP contribution in [0.1, 0.15) is 31.6 Å². The molecule has 1 N–H and O–H groups in total. The lowest BCUT2D eigenvalue weighted by atomic mass is 10.2. The van der Waals surface area contributed by atoms with E-state index in [0.29, 0.717) is 28.8 Å². The number of fused-ring (bicyclic) bond motifs is 1. The van der Waals surface area contributed by atoms with Gasteiger partial charge in [0, 0.05) is 25.2 Å². The zero-order valence-electron chi connectivity index (χ0n) is 17.3. The largest absolute Gasteiger partial charge is 0.495 e. The van der Waals surface area contributed by atoms with Gasteiger partial charge in [-0.3, -0.25) is 0 Å². The summed E-state index contributed by atoms with van der Waals surface area (Å²) < 4.78 is 12.9. The molecule has 30 heavy (non-hydrogen) atoms. The van der Waals surface area contributed by atoms with Crippen molar-refractivity contribution in [1.29, 1.82) is 0 Å². The fourth-order valence-electron chi connectivity index (χ4n) is 4.10. The zero-order chi connectivity index (χ0) is 21.3. The van der Waals surface area contributed by atoms with Gasteiger partial charge in [0.15, 0.2) is 0 Å². The van der Waals surface area contributed by atoms with Gasteiger partial charge >= 0.3 is 6.03 Å². The highest BCUT2D eigenvalue weighted by atomic mass is 35.5. The third-order valence-electron chi connectivity index (χ3n) is 5.53. The predicted molar refractivity (Wildman–Crippen MR) is 118 cm³/mol. The number of ether oxygens (including phenoxy) is 2. The first-order valence-electron chi connectivity index (χ1n) is 10.0. The number of hydrogen-bond donors (Lipinski definition) is 1. The van der Waals surface area contributed by atoms with Crippen molar-refractivity contribution in [1.82, 2.24) is 14.5 Å². The number of aromatic nitrogens is 2. The standard InChI is InChI=1S/C22H25ClN4O3/c1-4-26-17-9-6-5-8-15(17)24-21(26)18-10-7-11-27(18)22(28)25-16-13-19(29-2)14(23)12-20(16)30-3/h5-6,8-9,12-13,18H,4,7,10-11H2,1-3H3,(H,25,28). The Bertz CT molecular complexity index is 1080. The molecule has 2 heterocycles. The average Bonchev–Trinajstić information content (AvgIpc) is 3.38. The number of halogens is 1. The lowest BCUT2D eigenvalue weighted by Gasteiger charge is -2.25. The molecule has 1 fully saturated rings. The number of hydrogen-bond acceptors (Lipinski definition) is 4. The molecular weight excluding hydrogens is 404 g/mol. The van der Waals surface area contributed by atoms with E-state index in [1.54, 1.807) is 12.1 Å². The van der Waals surface area contributed by atoms with Crippen LogP contribution in [0, 0.1) is 0 Å². The van der Waals surface area contributed by atoms with Crippen LogP contribution in [0.15, 0.2) is 36.4 Å². The number of urea groups is 1. The van der Waals surface area contributed by atoms with E-state index >= 15 is 0 Å². The second-order valence-electron chi connectivity index (χ2n) is 7.17. The molecule has 1 saturated heterocycles. The molecule has 4 rings (SSSR count). The van der Waals surface area contributed by atoms with Crippen molar-refractivity contribution in [3.63, 3.8) is 0 Å². The summed E-state index contributed by atoms with van der Waals surface area (Å²) in [5, 5.41) is 3.38. The number of para-hydroxylation sites is 2. The Morgan fingerprint density at radius 1 is 1.23 bits per heavy atom. The third kappa shape index (κ3) is 3.54. The summed E-state index contributed by atoms with van der Waals surface area (Å²) >= 11 is 6.18. The number of nitrogens with zero attached hydrogens (tertiary/aromatic N) is 3. The molecule has 0 bridgehead atoms. The van der Waals surface area contributed by atoms with Gasteiger partial charge in [-0.05, 0) is 31.9 Å². The van der Waals surface area contributed by atoms with Crippen LogP contribution in [0.25, 0.3) is 11.0 Å². The smallest absolute Gasteiger partial charge is 0.322 e. The number of nitrogens with one attached hydrogen (secondary N) is 1. The van der Waals surface area contributed by atoms with Gasteiger partial charge in [-0.15, -0.1) is 0 Å². The van der Waals surface area contributed by atoms with Crippen LogP contribution in [-0.4, -0.2) is 41.2 Å². The monoisotopic (exact) mass is 428 g/mol. The number of benzene rings is 2. The molecule has 8 heteroatoms. The molecule has 0 spiro atoms. The molecule has 1 aliphatic heterocycles. The van der Waals surface area contributed by atoms with Crippen LogP contribution in [0.5, 0.6) is 11.5 Å². The summed E-state index contributed by atoms with van der Waals surface area (Å²) in [6.45, 7) is 3.56. The van der Waals surface area contributed by atoms with Crippen LogP contribution in [0.2, 0.25) is 5.02 Å². The van der Waals surface area contributed by atoms with E-state index < -0.39 is 0 Å². The number of imidazole rings is 1. The molecule has 7 nitrogen and oxygen atoms in total. The highest BCUT2D eigenvalue weighted by Gasteiger charge is 2.34. The van der Waals surface area contributed by atoms with Crippen molar-refractivity contribution in [3.05, 3.63) is 47.2 Å². The number of anilines is 1. The number of amides is 2. The van der Waals surface area contributed by atoms with E-state index in [1.165, 1.54) is 14.2 Å². The van der Waals surface area contributed by atoms with E-state index in [-0.39, 0.29) is 12.1 Å². The number of rotatable bonds is 5. The summed E-state index contributed by atoms with van der Waals surface area (Å²) in [6, 6.07) is 11.1. The predicted octanol–water partition coefficient (Wildman–Crippen LogP) is 5.10. The Morgan fingerprint density at radius 3 is 2.73 bits per heavy atom. The first-order valence-corrected chi connectivity index (χ1v) is 10.4. The first kappa shape index (κ1) is 20.3. The molecule has 0 aliphatic carbocycles. The molecule has 1 aromatic heterocycles. The Morgan fingerprint density at radius 2 is 2.00 bits per heavy atom. The molecule has 2 aromatic carbocycles. The highest BCUT2D eigenvalue weighted by Crippen LogP contribution is 2.38. The summed E-state index contributed by atoms with van der Waals surface area (Å²) in [5.74, 6) is 1.87. The summed E-state index contributed by atoms with van der Waals surface area (Å²) in [7, 11) is 3.07. The molecule has 0 radical (unpaired) electrons. The summed E-state index contributed by atoms with van der Waals surface area (Å²) in [5.41, 5.74) is 2.55. The van der Waals surface area contributed by atoms with Crippen LogP contribution < -0.4 is 14.8 Å². The van der Waals surface area contributed by atoms with E-state index in [9.17, 15) is 4.79 Å². The number of likely N-dealkylation sites (tertiary alicyclic amines) is 1. The Hall–Kier alpha value is -2.93. The quantitative estimate of drug-likeness (QED) is 0.614. The fraction of sp³-hybridized carbons (Fsp3) is 0.364. The Balaban J connectivity index is 1.64. The van der Waals surface area contributed by atoms with Crippen molar-refractivity contribution in [2.75, 3.05) is 26.1 Å². The zero-order valence-corrected chi connectivity index (χ0v) is 18.1. The van der Waals surface area contributed by atoms with Crippen molar-refractivity contribution in [2.45, 2.75) is 32.4 Å². The normalized spacial score (nSPS) is 16.1. The van der Waals surface area contributed by atoms with Gasteiger partial charge in [0.1, 0.15) is 17.3 Å². The van der Waals surface area contributed by atoms with Crippen molar-refractivity contribution in [3.8, 4) is 11.5 Å². The van der Waals surface area contributed by atoms with Crippen LogP contribution >= 0.6 is 11.6 Å². The Labute approximate surface area is 180 Å². The maximum Gasteiger partial charge on any atom is 0.322 e. The second-order valence-corrected chi connectivity index (χ2v) is 7.58. The molecule has 1 aliphatic rings. The first-order chi connectivity index (χ1) is 14.6. The molecule has 0 saturated carbocycles. The van der Waals surface area contributed by atoms with Gasteiger partial charge < -0.3 is 24.3 Å². The van der Waals surface area contributed by atoms with E-state index in [1.807, 2.05) is 23.1 Å². The number of carbonyl (C=O) groups is 1. The summed E-state index contributed by atoms with van der Waals surface area (Å²) in [6.07, 6.45) is 1.80. The molecular formula is C22H25ClN4O3. The molecule has 1 unspecified atom stereocenters. The highest BCUT2D eigenvalue weighted by molar-refractivity contribution is 6.32. The number of methoxy groups -OCH3 is 2. The van der Waals surface area contributed by atoms with E-state index in [4.69, 9.17) is 26.1 Å². The Kier molecular flexibility index (Phi) is 5.72. The van der Waals surface area contributed by atoms with Gasteiger partial charge in [-0.25, -0.2) is 9.78 Å². The minimum Gasteiger partial charge on any atom is -0.495 e. The van der Waals surface area contributed by atoms with Crippen LogP contribution in [-0.2, 0) is 6.54 Å². The summed E-state index contributed by atoms with van der Waals surface area (Å²) in [4.78, 5) is 19.9. The van der Waals surface area contributed by atoms with Crippen molar-refractivity contribution in [2.24, 2.45) is 0 Å². The molecule has 1 atom stereocenters. The SMILES string of the molecule is CCn1c(C2CCCN2C(=O)Nc2cc(OC)c(Cl)cc2OC)nc2ccccc21. The number of aryl methyl sites for hydroxylation is 1. The molecule has 2 amide bonds. The van der Waals surface area contributed by atoms with Crippen LogP contribution in [0.4, 0.5) is 10.5 Å². The van der Waals surface area contributed by atoms with E-state index in [2.05, 4.69) is 22.9 Å². The number of carbonyl (C=O) groups excluding carboxylic acids is 1. The maximum atomic E-state index is 13.2. The van der Waals surface area contributed by atoms with Crippen molar-refractivity contribution >= 4 is 34.4 Å². The maximum absolute atomic E-state index is 13.2. The minimum atomic E-state index is -0.199. The lowest BCUT2D eigenvalue weighted by Crippen LogP contribution is -2.35. The van der Waals surface area contributed by atoms with Gasteiger partial charge in [-0.2, -0.15) is 0 Å². The van der Waals surface area contributed by atoms with Crippen molar-refractivity contribution < 1.29 is 14.3 Å². The average molecular weight is 429 g/mol. The lowest BCUT2D eigenvalue weighted by molar-refractivity contribution is 0.204.